The molecule has 0 spiro atoms. The maximum atomic E-state index is 11.5. The lowest BCUT2D eigenvalue weighted by Crippen LogP contribution is -2.33. The molecule has 0 fully saturated rings. The van der Waals surface area contributed by atoms with Gasteiger partial charge in [-0.3, -0.25) is 10.1 Å². The van der Waals surface area contributed by atoms with Gasteiger partial charge in [0.05, 0.1) is 6.20 Å². The van der Waals surface area contributed by atoms with Crippen LogP contribution in [-0.4, -0.2) is 52.0 Å². The molecule has 0 atom stereocenters. The van der Waals surface area contributed by atoms with Gasteiger partial charge >= 0.3 is 6.03 Å². The molecule has 0 bridgehead atoms. The topological polar surface area (TPSA) is 92.2 Å². The highest BCUT2D eigenvalue weighted by atomic mass is 16.2. The molecule has 0 aliphatic carbocycles. The Bertz CT molecular complexity index is 426. The quantitative estimate of drug-likeness (QED) is 0.784. The van der Waals surface area contributed by atoms with Crippen LogP contribution in [0.2, 0.25) is 0 Å². The van der Waals surface area contributed by atoms with Crippen molar-refractivity contribution in [1.82, 2.24) is 25.2 Å². The van der Waals surface area contributed by atoms with Crippen molar-refractivity contribution in [3.05, 3.63) is 6.20 Å². The summed E-state index contributed by atoms with van der Waals surface area (Å²) in [6.45, 7) is 3.83. The van der Waals surface area contributed by atoms with Gasteiger partial charge in [-0.05, 0) is 13.8 Å². The van der Waals surface area contributed by atoms with E-state index in [2.05, 4.69) is 20.9 Å². The molecule has 0 radical (unpaired) electrons. The van der Waals surface area contributed by atoms with Gasteiger partial charge in [0.15, 0.2) is 5.82 Å². The van der Waals surface area contributed by atoms with Crippen LogP contribution in [0.15, 0.2) is 6.20 Å². The molecule has 0 unspecified atom stereocenters. The first-order valence-electron chi connectivity index (χ1n) is 5.56. The zero-order valence-corrected chi connectivity index (χ0v) is 11.0. The third-order valence-electron chi connectivity index (χ3n) is 1.94. The second kappa shape index (κ2) is 5.99. The maximum absolute atomic E-state index is 11.5. The fraction of sp³-hybridized carbons (Fsp3) is 0.600. The molecule has 1 aromatic heterocycles. The molecule has 18 heavy (non-hydrogen) atoms. The molecular formula is C10H18N6O2. The van der Waals surface area contributed by atoms with E-state index in [-0.39, 0.29) is 24.5 Å². The number of hydrogen-bond acceptors (Lipinski definition) is 4. The van der Waals surface area contributed by atoms with Crippen molar-refractivity contribution < 1.29 is 9.59 Å². The van der Waals surface area contributed by atoms with E-state index in [0.29, 0.717) is 5.82 Å². The van der Waals surface area contributed by atoms with Crippen LogP contribution in [0.25, 0.3) is 0 Å². The minimum absolute atomic E-state index is 0.0724. The summed E-state index contributed by atoms with van der Waals surface area (Å²) in [5, 5.41) is 12.8. The van der Waals surface area contributed by atoms with Crippen LogP contribution < -0.4 is 10.6 Å². The van der Waals surface area contributed by atoms with Crippen molar-refractivity contribution in [1.29, 1.82) is 0 Å². The zero-order chi connectivity index (χ0) is 13.7. The molecule has 1 rings (SSSR count). The van der Waals surface area contributed by atoms with Crippen LogP contribution in [0.4, 0.5) is 10.6 Å². The molecule has 1 heterocycles. The predicted octanol–water partition coefficient (Wildman–Crippen LogP) is -0.104. The van der Waals surface area contributed by atoms with Crippen molar-refractivity contribution in [2.24, 2.45) is 0 Å². The number of anilines is 1. The normalized spacial score (nSPS) is 10.3. The Morgan fingerprint density at radius 3 is 2.67 bits per heavy atom. The lowest BCUT2D eigenvalue weighted by molar-refractivity contribution is -0.122. The predicted molar refractivity (Wildman–Crippen MR) is 66.0 cm³/mol. The molecule has 0 aromatic carbocycles. The highest BCUT2D eigenvalue weighted by Crippen LogP contribution is 2.00. The number of carbonyl (C=O) groups is 2. The van der Waals surface area contributed by atoms with E-state index >= 15 is 0 Å². The monoisotopic (exact) mass is 254 g/mol. The molecule has 3 amide bonds. The fourth-order valence-corrected chi connectivity index (χ4v) is 1.17. The summed E-state index contributed by atoms with van der Waals surface area (Å²) in [6, 6.07) is -0.220. The molecule has 0 saturated heterocycles. The third-order valence-corrected chi connectivity index (χ3v) is 1.94. The lowest BCUT2D eigenvalue weighted by Gasteiger charge is -2.09. The number of carbonyl (C=O) groups excluding carboxylic acids is 2. The Kier molecular flexibility index (Phi) is 4.64. The van der Waals surface area contributed by atoms with E-state index in [4.69, 9.17) is 0 Å². The van der Waals surface area contributed by atoms with Gasteiger partial charge in [-0.25, -0.2) is 9.48 Å². The summed E-state index contributed by atoms with van der Waals surface area (Å²) in [5.74, 6) is 0.159. The Morgan fingerprint density at radius 2 is 2.11 bits per heavy atom. The summed E-state index contributed by atoms with van der Waals surface area (Å²) < 4.78 is 1.36. The zero-order valence-electron chi connectivity index (χ0n) is 11.0. The Hall–Kier alpha value is -2.12. The minimum Gasteiger partial charge on any atom is -0.352 e. The van der Waals surface area contributed by atoms with E-state index < -0.39 is 0 Å². The SMILES string of the molecule is CC(C)NC(=O)Cn1cc(NC(=O)N(C)C)nn1. The molecule has 8 heteroatoms. The molecule has 0 aliphatic rings. The molecule has 100 valence electrons. The Morgan fingerprint density at radius 1 is 1.44 bits per heavy atom. The Labute approximate surface area is 105 Å². The van der Waals surface area contributed by atoms with Gasteiger partial charge in [0.1, 0.15) is 6.54 Å². The Balaban J connectivity index is 2.53. The number of nitrogens with zero attached hydrogens (tertiary/aromatic N) is 4. The first-order valence-corrected chi connectivity index (χ1v) is 5.56. The van der Waals surface area contributed by atoms with Gasteiger partial charge in [-0.2, -0.15) is 0 Å². The minimum atomic E-state index is -0.298. The first kappa shape index (κ1) is 13.9. The number of aromatic nitrogens is 3. The highest BCUT2D eigenvalue weighted by Gasteiger charge is 2.09. The van der Waals surface area contributed by atoms with Gasteiger partial charge in [0.2, 0.25) is 5.91 Å². The van der Waals surface area contributed by atoms with Crippen LogP contribution in [0, 0.1) is 0 Å². The van der Waals surface area contributed by atoms with Gasteiger partial charge < -0.3 is 10.2 Å². The average molecular weight is 254 g/mol. The van der Waals surface area contributed by atoms with Crippen molar-refractivity contribution >= 4 is 17.8 Å². The molecular weight excluding hydrogens is 236 g/mol. The van der Waals surface area contributed by atoms with Gasteiger partial charge in [-0.1, -0.05) is 5.21 Å². The van der Waals surface area contributed by atoms with Crippen molar-refractivity contribution in [2.45, 2.75) is 26.4 Å². The fourth-order valence-electron chi connectivity index (χ4n) is 1.17. The van der Waals surface area contributed by atoms with Crippen molar-refractivity contribution in [3.8, 4) is 0 Å². The largest absolute Gasteiger partial charge is 0.352 e. The molecule has 8 nitrogen and oxygen atoms in total. The van der Waals surface area contributed by atoms with Gasteiger partial charge in [0.25, 0.3) is 0 Å². The molecule has 0 saturated carbocycles. The maximum Gasteiger partial charge on any atom is 0.322 e. The lowest BCUT2D eigenvalue weighted by atomic mass is 10.4. The second-order valence-electron chi connectivity index (χ2n) is 4.35. The van der Waals surface area contributed by atoms with Crippen molar-refractivity contribution in [2.75, 3.05) is 19.4 Å². The number of nitrogens with one attached hydrogen (secondary N) is 2. The summed E-state index contributed by atoms with van der Waals surface area (Å²) in [4.78, 5) is 24.2. The first-order chi connectivity index (χ1) is 8.38. The summed E-state index contributed by atoms with van der Waals surface area (Å²) in [7, 11) is 3.24. The van der Waals surface area contributed by atoms with Gasteiger partial charge in [0, 0.05) is 20.1 Å². The summed E-state index contributed by atoms with van der Waals surface area (Å²) >= 11 is 0. The summed E-state index contributed by atoms with van der Waals surface area (Å²) in [6.07, 6.45) is 1.50. The van der Waals surface area contributed by atoms with Crippen LogP contribution in [-0.2, 0) is 11.3 Å². The van der Waals surface area contributed by atoms with E-state index in [1.807, 2.05) is 13.8 Å². The van der Waals surface area contributed by atoms with Crippen molar-refractivity contribution in [3.63, 3.8) is 0 Å². The molecule has 1 aromatic rings. The van der Waals surface area contributed by atoms with E-state index in [9.17, 15) is 9.59 Å². The second-order valence-corrected chi connectivity index (χ2v) is 4.35. The number of rotatable bonds is 4. The van der Waals surface area contributed by atoms with Crippen LogP contribution in [0.5, 0.6) is 0 Å². The van der Waals surface area contributed by atoms with Crippen LogP contribution >= 0.6 is 0 Å². The average Bonchev–Trinajstić information content (AvgIpc) is 2.63. The highest BCUT2D eigenvalue weighted by molar-refractivity contribution is 5.87. The number of urea groups is 1. The number of amides is 3. The van der Waals surface area contributed by atoms with E-state index in [1.54, 1.807) is 14.1 Å². The van der Waals surface area contributed by atoms with Crippen LogP contribution in [0.1, 0.15) is 13.8 Å². The third kappa shape index (κ3) is 4.40. The van der Waals surface area contributed by atoms with E-state index in [0.717, 1.165) is 0 Å². The smallest absolute Gasteiger partial charge is 0.322 e. The molecule has 0 aliphatic heterocycles. The number of hydrogen-bond donors (Lipinski definition) is 2. The summed E-state index contributed by atoms with van der Waals surface area (Å²) in [5.41, 5.74) is 0. The standard InChI is InChI=1S/C10H18N6O2/c1-7(2)11-9(17)6-16-5-8(13-14-16)12-10(18)15(3)4/h5,7H,6H2,1-4H3,(H,11,17)(H,12,18). The van der Waals surface area contributed by atoms with Crippen LogP contribution in [0.3, 0.4) is 0 Å². The van der Waals surface area contributed by atoms with Gasteiger partial charge in [-0.15, -0.1) is 5.10 Å². The van der Waals surface area contributed by atoms with E-state index in [1.165, 1.54) is 15.8 Å². The molecule has 2 N–H and O–H groups in total.